The quantitative estimate of drug-likeness (QED) is 0.815. The number of thiol groups is 1. The molecule has 0 aromatic heterocycles. The predicted molar refractivity (Wildman–Crippen MR) is 77.7 cm³/mol. The van der Waals surface area contributed by atoms with Crippen molar-refractivity contribution in [3.05, 3.63) is 29.8 Å². The highest BCUT2D eigenvalue weighted by Crippen LogP contribution is 2.21. The number of likely N-dealkylation sites (tertiary alicyclic amines) is 1. The van der Waals surface area contributed by atoms with Gasteiger partial charge in [0.15, 0.2) is 0 Å². The Kier molecular flexibility index (Phi) is 4.50. The molecule has 0 bridgehead atoms. The van der Waals surface area contributed by atoms with Crippen LogP contribution in [-0.4, -0.2) is 60.1 Å². The second-order valence-corrected chi connectivity index (χ2v) is 5.83. The molecule has 2 unspecified atom stereocenters. The van der Waals surface area contributed by atoms with Gasteiger partial charge in [0.2, 0.25) is 0 Å². The molecule has 0 spiro atoms. The van der Waals surface area contributed by atoms with Gasteiger partial charge in [0.25, 0.3) is 5.91 Å². The van der Waals surface area contributed by atoms with E-state index in [0.29, 0.717) is 18.5 Å². The molecule has 19 heavy (non-hydrogen) atoms. The smallest absolute Gasteiger partial charge is 0.254 e. The van der Waals surface area contributed by atoms with Crippen LogP contribution in [0.1, 0.15) is 16.8 Å². The highest BCUT2D eigenvalue weighted by atomic mass is 32.1. The zero-order valence-corrected chi connectivity index (χ0v) is 12.2. The lowest BCUT2D eigenvalue weighted by Gasteiger charge is -2.26. The topological polar surface area (TPSA) is 43.8 Å². The van der Waals surface area contributed by atoms with Crippen LogP contribution < -0.4 is 0 Å². The molecule has 1 aromatic rings. The summed E-state index contributed by atoms with van der Waals surface area (Å²) >= 11 is 4.22. The minimum atomic E-state index is -0.418. The average molecular weight is 280 g/mol. The van der Waals surface area contributed by atoms with E-state index in [1.165, 1.54) is 0 Å². The first-order valence-corrected chi connectivity index (χ1v) is 6.85. The molecule has 1 aliphatic rings. The number of carbonyl (C=O) groups excluding carboxylic acids is 1. The summed E-state index contributed by atoms with van der Waals surface area (Å²) < 4.78 is 0. The van der Waals surface area contributed by atoms with E-state index in [2.05, 4.69) is 12.6 Å². The number of amides is 1. The maximum absolute atomic E-state index is 12.5. The largest absolute Gasteiger partial charge is 0.391 e. The van der Waals surface area contributed by atoms with E-state index in [1.807, 2.05) is 31.1 Å². The highest BCUT2D eigenvalue weighted by Gasteiger charge is 2.34. The lowest BCUT2D eigenvalue weighted by Crippen LogP contribution is -2.41. The molecule has 0 saturated carbocycles. The summed E-state index contributed by atoms with van der Waals surface area (Å²) in [6.07, 6.45) is 0.229. The number of β-amino-alcohol motifs (C(OH)–C–C–N with tert-alkyl or cyclic N) is 1. The number of hydrogen-bond acceptors (Lipinski definition) is 4. The standard InChI is InChI=1S/C14H20N2O2S/c1-15(2)8-11-7-12(17)9-16(11)14(18)10-3-5-13(19)6-4-10/h3-6,11-12,17,19H,7-9H2,1-2H3. The van der Waals surface area contributed by atoms with E-state index in [1.54, 1.807) is 17.0 Å². The van der Waals surface area contributed by atoms with Gasteiger partial charge in [-0.15, -0.1) is 12.6 Å². The number of nitrogens with zero attached hydrogens (tertiary/aromatic N) is 2. The second-order valence-electron chi connectivity index (χ2n) is 5.31. The third-order valence-electron chi connectivity index (χ3n) is 3.34. The van der Waals surface area contributed by atoms with Crippen molar-refractivity contribution in [1.29, 1.82) is 0 Å². The molecule has 1 N–H and O–H groups in total. The summed E-state index contributed by atoms with van der Waals surface area (Å²) in [5, 5.41) is 9.80. The Bertz CT molecular complexity index is 447. The zero-order chi connectivity index (χ0) is 14.0. The van der Waals surface area contributed by atoms with E-state index in [-0.39, 0.29) is 11.9 Å². The van der Waals surface area contributed by atoms with E-state index >= 15 is 0 Å². The van der Waals surface area contributed by atoms with Crippen LogP contribution in [0.15, 0.2) is 29.2 Å². The molecule has 1 heterocycles. The van der Waals surface area contributed by atoms with Gasteiger partial charge in [0.1, 0.15) is 0 Å². The molecule has 4 nitrogen and oxygen atoms in total. The van der Waals surface area contributed by atoms with Crippen molar-refractivity contribution >= 4 is 18.5 Å². The molecule has 2 rings (SSSR count). The van der Waals surface area contributed by atoms with E-state index in [4.69, 9.17) is 0 Å². The fourth-order valence-corrected chi connectivity index (χ4v) is 2.65. The van der Waals surface area contributed by atoms with Gasteiger partial charge in [0, 0.05) is 29.6 Å². The molecule has 104 valence electrons. The first-order chi connectivity index (χ1) is 8.97. The van der Waals surface area contributed by atoms with E-state index in [0.717, 1.165) is 11.4 Å². The van der Waals surface area contributed by atoms with Gasteiger partial charge in [-0.1, -0.05) is 0 Å². The van der Waals surface area contributed by atoms with Gasteiger partial charge >= 0.3 is 0 Å². The average Bonchev–Trinajstić information content (AvgIpc) is 2.69. The Labute approximate surface area is 119 Å². The number of likely N-dealkylation sites (N-methyl/N-ethyl adjacent to an activating group) is 1. The van der Waals surface area contributed by atoms with E-state index in [9.17, 15) is 9.90 Å². The lowest BCUT2D eigenvalue weighted by atomic mass is 10.1. The Balaban J connectivity index is 2.14. The molecule has 1 amide bonds. The van der Waals surface area contributed by atoms with Gasteiger partial charge in [-0.25, -0.2) is 0 Å². The molecular formula is C14H20N2O2S. The fourth-order valence-electron chi connectivity index (χ4n) is 2.51. The minimum absolute atomic E-state index is 0.0169. The molecule has 5 heteroatoms. The van der Waals surface area contributed by atoms with Crippen LogP contribution in [0, 0.1) is 0 Å². The monoisotopic (exact) mass is 280 g/mol. The van der Waals surface area contributed by atoms with Crippen LogP contribution in [0.5, 0.6) is 0 Å². The normalized spacial score (nSPS) is 23.1. The Morgan fingerprint density at radius 2 is 2.05 bits per heavy atom. The molecule has 1 aromatic carbocycles. The van der Waals surface area contributed by atoms with Crippen LogP contribution in [0.3, 0.4) is 0 Å². The Morgan fingerprint density at radius 1 is 1.42 bits per heavy atom. The van der Waals surface area contributed by atoms with Crippen LogP contribution in [0.2, 0.25) is 0 Å². The second kappa shape index (κ2) is 5.94. The third kappa shape index (κ3) is 3.49. The van der Waals surface area contributed by atoms with Crippen molar-refractivity contribution in [1.82, 2.24) is 9.80 Å². The predicted octanol–water partition coefficient (Wildman–Crippen LogP) is 1.11. The van der Waals surface area contributed by atoms with Crippen molar-refractivity contribution in [2.45, 2.75) is 23.5 Å². The van der Waals surface area contributed by atoms with Gasteiger partial charge in [-0.05, 0) is 44.8 Å². The molecule has 0 radical (unpaired) electrons. The summed E-state index contributed by atoms with van der Waals surface area (Å²) in [6.45, 7) is 1.19. The third-order valence-corrected chi connectivity index (χ3v) is 3.64. The molecule has 0 aliphatic carbocycles. The molecule has 1 saturated heterocycles. The van der Waals surface area contributed by atoms with Crippen molar-refractivity contribution in [2.24, 2.45) is 0 Å². The van der Waals surface area contributed by atoms with Crippen LogP contribution in [0.4, 0.5) is 0 Å². The van der Waals surface area contributed by atoms with Crippen LogP contribution in [0.25, 0.3) is 0 Å². The van der Waals surface area contributed by atoms with Gasteiger partial charge in [0.05, 0.1) is 6.10 Å². The summed E-state index contributed by atoms with van der Waals surface area (Å²) in [5.74, 6) is -0.0169. The minimum Gasteiger partial charge on any atom is -0.391 e. The molecule has 1 fully saturated rings. The van der Waals surface area contributed by atoms with Crippen molar-refractivity contribution in [2.75, 3.05) is 27.2 Å². The maximum atomic E-state index is 12.5. The fraction of sp³-hybridized carbons (Fsp3) is 0.500. The summed E-state index contributed by atoms with van der Waals surface area (Å²) in [5.41, 5.74) is 0.649. The molecule has 1 aliphatic heterocycles. The van der Waals surface area contributed by atoms with Crippen molar-refractivity contribution in [3.8, 4) is 0 Å². The van der Waals surface area contributed by atoms with Crippen LogP contribution in [-0.2, 0) is 0 Å². The first kappa shape index (κ1) is 14.4. The number of hydrogen-bond donors (Lipinski definition) is 2. The van der Waals surface area contributed by atoms with E-state index < -0.39 is 6.10 Å². The number of aliphatic hydroxyl groups excluding tert-OH is 1. The molecular weight excluding hydrogens is 260 g/mol. The number of carbonyl (C=O) groups is 1. The highest BCUT2D eigenvalue weighted by molar-refractivity contribution is 7.80. The number of aliphatic hydroxyl groups is 1. The van der Waals surface area contributed by atoms with Crippen molar-refractivity contribution in [3.63, 3.8) is 0 Å². The molecule has 2 atom stereocenters. The van der Waals surface area contributed by atoms with Gasteiger partial charge < -0.3 is 14.9 Å². The van der Waals surface area contributed by atoms with Crippen molar-refractivity contribution < 1.29 is 9.90 Å². The number of benzene rings is 1. The first-order valence-electron chi connectivity index (χ1n) is 6.40. The SMILES string of the molecule is CN(C)CC1CC(O)CN1C(=O)c1ccc(S)cc1. The van der Waals surface area contributed by atoms with Gasteiger partial charge in [-0.2, -0.15) is 0 Å². The Hall–Kier alpha value is -1.04. The van der Waals surface area contributed by atoms with Crippen LogP contribution >= 0.6 is 12.6 Å². The maximum Gasteiger partial charge on any atom is 0.254 e. The summed E-state index contributed by atoms with van der Waals surface area (Å²) in [4.78, 5) is 17.1. The zero-order valence-electron chi connectivity index (χ0n) is 11.3. The summed E-state index contributed by atoms with van der Waals surface area (Å²) in [7, 11) is 3.95. The lowest BCUT2D eigenvalue weighted by molar-refractivity contribution is 0.0699. The summed E-state index contributed by atoms with van der Waals surface area (Å²) in [6, 6.07) is 7.26. The van der Waals surface area contributed by atoms with Gasteiger partial charge in [-0.3, -0.25) is 4.79 Å². The number of rotatable bonds is 3. The Morgan fingerprint density at radius 3 is 2.63 bits per heavy atom.